The molecule has 0 aliphatic carbocycles. The van der Waals surface area contributed by atoms with Gasteiger partial charge in [0.05, 0.1) is 6.10 Å². The molecule has 8 nitrogen and oxygen atoms in total. The van der Waals surface area contributed by atoms with Crippen LogP contribution in [-0.2, 0) is 0 Å². The number of rotatable bonds is 3. The molecule has 114 valence electrons. The van der Waals surface area contributed by atoms with Crippen LogP contribution in [0.25, 0.3) is 11.2 Å². The third-order valence-corrected chi connectivity index (χ3v) is 2.98. The first kappa shape index (κ1) is 13.8. The molecule has 0 amide bonds. The summed E-state index contributed by atoms with van der Waals surface area (Å²) in [5, 5.41) is 19.4. The topological polar surface area (TPSA) is 100 Å². The van der Waals surface area contributed by atoms with E-state index in [1.165, 1.54) is 0 Å². The highest BCUT2D eigenvalue weighted by atomic mass is 19.4. The second kappa shape index (κ2) is 4.98. The van der Waals surface area contributed by atoms with E-state index in [4.69, 9.17) is 0 Å². The third-order valence-electron chi connectivity index (χ3n) is 2.98. The van der Waals surface area contributed by atoms with Crippen molar-refractivity contribution in [2.75, 3.05) is 24.6 Å². The van der Waals surface area contributed by atoms with E-state index in [2.05, 4.69) is 30.1 Å². The third kappa shape index (κ3) is 2.96. The Kier molecular flexibility index (Phi) is 3.27. The van der Waals surface area contributed by atoms with Crippen molar-refractivity contribution in [2.24, 2.45) is 0 Å². The summed E-state index contributed by atoms with van der Waals surface area (Å²) in [4.78, 5) is 9.44. The fourth-order valence-corrected chi connectivity index (χ4v) is 2.08. The van der Waals surface area contributed by atoms with Crippen molar-refractivity contribution in [2.45, 2.75) is 18.7 Å². The number of β-amino-alcohol motifs (C(OH)–C–C–N with tert-alkyl or cyclic N) is 1. The molecule has 3 rings (SSSR count). The number of anilines is 1. The van der Waals surface area contributed by atoms with Gasteiger partial charge in [0.15, 0.2) is 23.6 Å². The number of H-pyrrole nitrogens is 1. The summed E-state index contributed by atoms with van der Waals surface area (Å²) in [7, 11) is 0. The molecular weight excluding hydrogens is 293 g/mol. The lowest BCUT2D eigenvalue weighted by molar-refractivity contribution is -0.154. The van der Waals surface area contributed by atoms with Gasteiger partial charge in [-0.1, -0.05) is 5.21 Å². The zero-order valence-electron chi connectivity index (χ0n) is 10.6. The van der Waals surface area contributed by atoms with Crippen LogP contribution in [0.3, 0.4) is 0 Å². The molecule has 11 heteroatoms. The number of hydrogen-bond acceptors (Lipinski definition) is 7. The zero-order chi connectivity index (χ0) is 15.0. The minimum atomic E-state index is -4.48. The van der Waals surface area contributed by atoms with Crippen molar-refractivity contribution in [3.63, 3.8) is 0 Å². The molecule has 2 N–H and O–H groups in total. The fraction of sp³-hybridized carbons (Fsp3) is 0.600. The number of nitrogens with one attached hydrogen (secondary N) is 1. The van der Waals surface area contributed by atoms with Crippen LogP contribution in [0.15, 0.2) is 0 Å². The van der Waals surface area contributed by atoms with Crippen molar-refractivity contribution < 1.29 is 23.0 Å². The number of fused-ring (bicyclic) bond motifs is 1. The van der Waals surface area contributed by atoms with Crippen molar-refractivity contribution in [1.29, 1.82) is 0 Å². The number of halogens is 3. The number of alkyl halides is 3. The Morgan fingerprint density at radius 1 is 1.38 bits per heavy atom. The van der Waals surface area contributed by atoms with E-state index in [9.17, 15) is 18.3 Å². The van der Waals surface area contributed by atoms with Crippen molar-refractivity contribution in [3.05, 3.63) is 0 Å². The standard InChI is InChI=1S/C10H11F3N6O2/c11-10(12,13)4-21-9-14-7-6(16-18-17-7)8(15-9)19-2-1-5(20)3-19/h5,20H,1-4H2,(H,14,15,16,17,18)/t5-/m0/s1. The van der Waals surface area contributed by atoms with E-state index in [1.54, 1.807) is 4.90 Å². The Morgan fingerprint density at radius 2 is 2.19 bits per heavy atom. The molecule has 1 saturated heterocycles. The highest BCUT2D eigenvalue weighted by Gasteiger charge is 2.30. The van der Waals surface area contributed by atoms with Gasteiger partial charge in [0.2, 0.25) is 0 Å². The lowest BCUT2D eigenvalue weighted by atomic mass is 10.3. The Bertz CT molecular complexity index is 645. The van der Waals surface area contributed by atoms with E-state index in [-0.39, 0.29) is 5.65 Å². The average molecular weight is 304 g/mol. The second-order valence-electron chi connectivity index (χ2n) is 4.63. The van der Waals surface area contributed by atoms with Crippen LogP contribution >= 0.6 is 0 Å². The van der Waals surface area contributed by atoms with E-state index < -0.39 is 24.9 Å². The van der Waals surface area contributed by atoms with Crippen LogP contribution in [0.5, 0.6) is 6.01 Å². The van der Waals surface area contributed by atoms with Gasteiger partial charge >= 0.3 is 12.2 Å². The summed E-state index contributed by atoms with van der Waals surface area (Å²) in [5.41, 5.74) is 0.502. The Balaban J connectivity index is 1.92. The predicted molar refractivity (Wildman–Crippen MR) is 63.9 cm³/mol. The molecule has 0 unspecified atom stereocenters. The number of ether oxygens (including phenoxy) is 1. The molecule has 3 heterocycles. The number of aromatic amines is 1. The Labute approximate surface area is 115 Å². The molecule has 1 fully saturated rings. The van der Waals surface area contributed by atoms with Gasteiger partial charge in [-0.2, -0.15) is 23.1 Å². The van der Waals surface area contributed by atoms with E-state index in [0.717, 1.165) is 0 Å². The quantitative estimate of drug-likeness (QED) is 0.839. The monoisotopic (exact) mass is 304 g/mol. The SMILES string of the molecule is O[C@H]1CCN(c2nc(OCC(F)(F)F)nc3[nH]nnc23)C1. The highest BCUT2D eigenvalue weighted by molar-refractivity contribution is 5.82. The summed E-state index contributed by atoms with van der Waals surface area (Å²) in [6, 6.07) is -0.415. The Hall–Kier alpha value is -2.17. The molecule has 0 aromatic carbocycles. The average Bonchev–Trinajstić information content (AvgIpc) is 3.03. The number of nitrogens with zero attached hydrogens (tertiary/aromatic N) is 5. The van der Waals surface area contributed by atoms with Gasteiger partial charge in [-0.15, -0.1) is 5.10 Å². The Morgan fingerprint density at radius 3 is 2.86 bits per heavy atom. The lowest BCUT2D eigenvalue weighted by Crippen LogP contribution is -2.24. The van der Waals surface area contributed by atoms with Gasteiger partial charge in [-0.25, -0.2) is 5.10 Å². The van der Waals surface area contributed by atoms with Gasteiger partial charge in [0.1, 0.15) is 0 Å². The van der Waals surface area contributed by atoms with Gasteiger partial charge in [0.25, 0.3) is 0 Å². The summed E-state index contributed by atoms with van der Waals surface area (Å²) in [6.07, 6.45) is -4.45. The molecule has 21 heavy (non-hydrogen) atoms. The predicted octanol–water partition coefficient (Wildman–Crippen LogP) is 0.260. The maximum absolute atomic E-state index is 12.2. The molecule has 0 saturated carbocycles. The van der Waals surface area contributed by atoms with Gasteiger partial charge in [-0.05, 0) is 6.42 Å². The van der Waals surface area contributed by atoms with Crippen LogP contribution < -0.4 is 9.64 Å². The first-order chi connectivity index (χ1) is 9.92. The first-order valence-electron chi connectivity index (χ1n) is 6.14. The second-order valence-corrected chi connectivity index (χ2v) is 4.63. The number of aliphatic hydroxyl groups excluding tert-OH is 1. The molecule has 0 radical (unpaired) electrons. The minimum Gasteiger partial charge on any atom is -0.454 e. The number of aromatic nitrogens is 5. The van der Waals surface area contributed by atoms with E-state index in [1.807, 2.05) is 0 Å². The zero-order valence-corrected chi connectivity index (χ0v) is 10.6. The largest absolute Gasteiger partial charge is 0.454 e. The van der Waals surface area contributed by atoms with Crippen molar-refractivity contribution >= 4 is 17.0 Å². The maximum Gasteiger partial charge on any atom is 0.422 e. The summed E-state index contributed by atoms with van der Waals surface area (Å²) in [6.45, 7) is -0.654. The molecule has 0 spiro atoms. The molecule has 1 atom stereocenters. The summed E-state index contributed by atoms with van der Waals surface area (Å²) in [5.74, 6) is 0.294. The van der Waals surface area contributed by atoms with Gasteiger partial charge < -0.3 is 14.7 Å². The highest BCUT2D eigenvalue weighted by Crippen LogP contribution is 2.26. The molecule has 2 aromatic heterocycles. The first-order valence-corrected chi connectivity index (χ1v) is 6.14. The van der Waals surface area contributed by atoms with Crippen LogP contribution in [0.1, 0.15) is 6.42 Å². The normalized spacial score (nSPS) is 19.4. The number of hydrogen-bond donors (Lipinski definition) is 2. The molecular formula is C10H11F3N6O2. The molecule has 1 aliphatic rings. The van der Waals surface area contributed by atoms with Gasteiger partial charge in [-0.3, -0.25) is 0 Å². The summed E-state index contributed by atoms with van der Waals surface area (Å²) >= 11 is 0. The molecule has 1 aliphatic heterocycles. The lowest BCUT2D eigenvalue weighted by Gasteiger charge is -2.17. The van der Waals surface area contributed by atoms with E-state index >= 15 is 0 Å². The summed E-state index contributed by atoms with van der Waals surface area (Å²) < 4.78 is 41.1. The molecule has 0 bridgehead atoms. The van der Waals surface area contributed by atoms with Crippen LogP contribution in [0, 0.1) is 0 Å². The smallest absolute Gasteiger partial charge is 0.422 e. The van der Waals surface area contributed by atoms with Crippen LogP contribution in [-0.4, -0.2) is 62.5 Å². The minimum absolute atomic E-state index is 0.179. The van der Waals surface area contributed by atoms with Crippen LogP contribution in [0.4, 0.5) is 19.0 Å². The fourth-order valence-electron chi connectivity index (χ4n) is 2.08. The van der Waals surface area contributed by atoms with Crippen molar-refractivity contribution in [1.82, 2.24) is 25.4 Å². The maximum atomic E-state index is 12.2. The van der Waals surface area contributed by atoms with Crippen LogP contribution in [0.2, 0.25) is 0 Å². The van der Waals surface area contributed by atoms with E-state index in [0.29, 0.717) is 30.8 Å². The molecule has 2 aromatic rings. The number of aliphatic hydroxyl groups is 1. The van der Waals surface area contributed by atoms with Crippen molar-refractivity contribution in [3.8, 4) is 6.01 Å². The van der Waals surface area contributed by atoms with Gasteiger partial charge in [0, 0.05) is 13.1 Å².